The maximum Gasteiger partial charge on any atom is 0.236 e. The van der Waals surface area contributed by atoms with Crippen LogP contribution < -0.4 is 16.8 Å². The van der Waals surface area contributed by atoms with Crippen LogP contribution in [0.15, 0.2) is 0 Å². The minimum absolute atomic E-state index is 0.0987. The lowest BCUT2D eigenvalue weighted by Gasteiger charge is -2.12. The van der Waals surface area contributed by atoms with E-state index in [4.69, 9.17) is 25.7 Å². The fraction of sp³-hybridized carbons (Fsp3) is 0.941. The summed E-state index contributed by atoms with van der Waals surface area (Å²) in [6, 6.07) is -0.439. The number of carbonyl (C=O) groups excluding carboxylic acids is 1. The number of hydrogen-bond acceptors (Lipinski definition) is 6. The predicted molar refractivity (Wildman–Crippen MR) is 95.9 cm³/mol. The number of ether oxygens (including phenoxy) is 3. The van der Waals surface area contributed by atoms with Crippen molar-refractivity contribution in [2.24, 2.45) is 11.5 Å². The highest BCUT2D eigenvalue weighted by Crippen LogP contribution is 1.97. The molecule has 0 saturated heterocycles. The Hall–Kier alpha value is -0.730. The van der Waals surface area contributed by atoms with Gasteiger partial charge >= 0.3 is 0 Å². The summed E-state index contributed by atoms with van der Waals surface area (Å²) < 4.78 is 16.2. The first kappa shape index (κ1) is 23.3. The molecule has 144 valence electrons. The van der Waals surface area contributed by atoms with Gasteiger partial charge in [0.25, 0.3) is 0 Å². The fourth-order valence-corrected chi connectivity index (χ4v) is 1.94. The molecule has 0 aliphatic carbocycles. The third-order valence-corrected chi connectivity index (χ3v) is 3.46. The van der Waals surface area contributed by atoms with Gasteiger partial charge in [0, 0.05) is 19.8 Å². The minimum Gasteiger partial charge on any atom is -0.379 e. The second-order valence-electron chi connectivity index (χ2n) is 5.73. The second-order valence-corrected chi connectivity index (χ2v) is 5.73. The van der Waals surface area contributed by atoms with Gasteiger partial charge in [-0.1, -0.05) is 19.8 Å². The predicted octanol–water partition coefficient (Wildman–Crippen LogP) is 0.799. The van der Waals surface area contributed by atoms with E-state index in [9.17, 15) is 4.79 Å². The first-order chi connectivity index (χ1) is 11.7. The molecular weight excluding hydrogens is 310 g/mol. The number of nitrogens with two attached hydrogens (primary N) is 2. The third kappa shape index (κ3) is 16.1. The SMILES string of the molecule is CCCCOCCOCCOCCCNC(=O)[C@@H](N)CCCCN. The van der Waals surface area contributed by atoms with Crippen LogP contribution in [0.3, 0.4) is 0 Å². The number of carbonyl (C=O) groups is 1. The molecule has 0 aromatic heterocycles. The quantitative estimate of drug-likeness (QED) is 0.316. The fourth-order valence-electron chi connectivity index (χ4n) is 1.94. The normalized spacial score (nSPS) is 12.3. The van der Waals surface area contributed by atoms with Crippen LogP contribution in [0.4, 0.5) is 0 Å². The number of rotatable bonds is 18. The van der Waals surface area contributed by atoms with Crippen LogP contribution in [0.25, 0.3) is 0 Å². The Kier molecular flexibility index (Phi) is 18.0. The van der Waals surface area contributed by atoms with Gasteiger partial charge in [-0.05, 0) is 32.2 Å². The van der Waals surface area contributed by atoms with E-state index in [1.807, 2.05) is 0 Å². The molecule has 0 aliphatic heterocycles. The Morgan fingerprint density at radius 1 is 0.917 bits per heavy atom. The monoisotopic (exact) mass is 347 g/mol. The highest BCUT2D eigenvalue weighted by atomic mass is 16.5. The summed E-state index contributed by atoms with van der Waals surface area (Å²) >= 11 is 0. The molecule has 1 amide bonds. The van der Waals surface area contributed by atoms with Crippen LogP contribution in [-0.4, -0.2) is 64.7 Å². The van der Waals surface area contributed by atoms with Crippen LogP contribution >= 0.6 is 0 Å². The summed E-state index contributed by atoms with van der Waals surface area (Å²) in [4.78, 5) is 11.7. The van der Waals surface area contributed by atoms with E-state index in [-0.39, 0.29) is 5.91 Å². The van der Waals surface area contributed by atoms with Gasteiger partial charge < -0.3 is 31.0 Å². The molecule has 0 aromatic rings. The van der Waals surface area contributed by atoms with Gasteiger partial charge in [-0.3, -0.25) is 4.79 Å². The summed E-state index contributed by atoms with van der Waals surface area (Å²) in [5.41, 5.74) is 11.2. The molecule has 0 unspecified atom stereocenters. The van der Waals surface area contributed by atoms with Gasteiger partial charge in [0.2, 0.25) is 5.91 Å². The number of unbranched alkanes of at least 4 members (excludes halogenated alkanes) is 2. The van der Waals surface area contributed by atoms with E-state index in [1.165, 1.54) is 0 Å². The molecule has 0 heterocycles. The molecular formula is C17H37N3O4. The Morgan fingerprint density at radius 3 is 2.08 bits per heavy atom. The number of amides is 1. The molecule has 0 fully saturated rings. The summed E-state index contributed by atoms with van der Waals surface area (Å²) in [6.07, 6.45) is 5.48. The highest BCUT2D eigenvalue weighted by molar-refractivity contribution is 5.81. The maximum absolute atomic E-state index is 11.7. The van der Waals surface area contributed by atoms with Crippen molar-refractivity contribution >= 4 is 5.91 Å². The molecule has 0 saturated carbocycles. The van der Waals surface area contributed by atoms with Gasteiger partial charge in [0.05, 0.1) is 32.5 Å². The molecule has 24 heavy (non-hydrogen) atoms. The largest absolute Gasteiger partial charge is 0.379 e. The Labute approximate surface area is 146 Å². The number of nitrogens with one attached hydrogen (secondary N) is 1. The van der Waals surface area contributed by atoms with E-state index in [2.05, 4.69) is 12.2 Å². The third-order valence-electron chi connectivity index (χ3n) is 3.46. The van der Waals surface area contributed by atoms with Crippen LogP contribution in [0, 0.1) is 0 Å². The van der Waals surface area contributed by atoms with Gasteiger partial charge in [-0.2, -0.15) is 0 Å². The van der Waals surface area contributed by atoms with E-state index in [0.717, 1.165) is 38.7 Å². The van der Waals surface area contributed by atoms with Crippen molar-refractivity contribution < 1.29 is 19.0 Å². The van der Waals surface area contributed by atoms with Gasteiger partial charge in [-0.25, -0.2) is 0 Å². The first-order valence-electron chi connectivity index (χ1n) is 9.19. The first-order valence-corrected chi connectivity index (χ1v) is 9.19. The smallest absolute Gasteiger partial charge is 0.236 e. The minimum atomic E-state index is -0.439. The molecule has 7 nitrogen and oxygen atoms in total. The van der Waals surface area contributed by atoms with Crippen LogP contribution in [0.1, 0.15) is 45.4 Å². The Bertz CT molecular complexity index is 281. The zero-order valence-corrected chi connectivity index (χ0v) is 15.3. The van der Waals surface area contributed by atoms with Crippen LogP contribution in [0.2, 0.25) is 0 Å². The van der Waals surface area contributed by atoms with Gasteiger partial charge in [0.1, 0.15) is 0 Å². The molecule has 0 aliphatic rings. The lowest BCUT2D eigenvalue weighted by Crippen LogP contribution is -2.41. The van der Waals surface area contributed by atoms with Crippen LogP contribution in [0.5, 0.6) is 0 Å². The zero-order chi connectivity index (χ0) is 17.9. The molecule has 7 heteroatoms. The molecule has 0 spiro atoms. The lowest BCUT2D eigenvalue weighted by atomic mass is 10.1. The van der Waals surface area contributed by atoms with Crippen molar-refractivity contribution in [3.8, 4) is 0 Å². The van der Waals surface area contributed by atoms with E-state index < -0.39 is 6.04 Å². The topological polar surface area (TPSA) is 109 Å². The highest BCUT2D eigenvalue weighted by Gasteiger charge is 2.11. The van der Waals surface area contributed by atoms with Crippen molar-refractivity contribution in [3.63, 3.8) is 0 Å². The second kappa shape index (κ2) is 18.6. The van der Waals surface area contributed by atoms with Crippen molar-refractivity contribution in [2.75, 3.05) is 52.7 Å². The summed E-state index contributed by atoms with van der Waals surface area (Å²) in [5, 5.41) is 2.82. The average Bonchev–Trinajstić information content (AvgIpc) is 2.58. The summed E-state index contributed by atoms with van der Waals surface area (Å²) in [7, 11) is 0. The van der Waals surface area contributed by atoms with Crippen molar-refractivity contribution in [1.29, 1.82) is 0 Å². The standard InChI is InChI=1S/C17H37N3O4/c1-2-3-10-22-12-14-24-15-13-23-11-6-9-20-17(21)16(19)7-4-5-8-18/h16H,2-15,18-19H2,1H3,(H,20,21)/t16-/m0/s1. The van der Waals surface area contributed by atoms with E-state index in [0.29, 0.717) is 52.5 Å². The van der Waals surface area contributed by atoms with Crippen LogP contribution in [-0.2, 0) is 19.0 Å². The molecule has 0 aromatic carbocycles. The van der Waals surface area contributed by atoms with Crippen molar-refractivity contribution in [2.45, 2.75) is 51.5 Å². The molecule has 0 radical (unpaired) electrons. The van der Waals surface area contributed by atoms with Gasteiger partial charge in [0.15, 0.2) is 0 Å². The molecule has 0 rings (SSSR count). The number of hydrogen-bond donors (Lipinski definition) is 3. The van der Waals surface area contributed by atoms with Gasteiger partial charge in [-0.15, -0.1) is 0 Å². The summed E-state index contributed by atoms with van der Waals surface area (Å²) in [5.74, 6) is -0.0987. The average molecular weight is 348 g/mol. The van der Waals surface area contributed by atoms with E-state index in [1.54, 1.807) is 0 Å². The summed E-state index contributed by atoms with van der Waals surface area (Å²) in [6.45, 7) is 7.12. The lowest BCUT2D eigenvalue weighted by molar-refractivity contribution is -0.122. The van der Waals surface area contributed by atoms with E-state index >= 15 is 0 Å². The molecule has 0 bridgehead atoms. The Morgan fingerprint density at radius 2 is 1.50 bits per heavy atom. The Balaban J connectivity index is 3.23. The molecule has 1 atom stereocenters. The van der Waals surface area contributed by atoms with Crippen molar-refractivity contribution in [3.05, 3.63) is 0 Å². The van der Waals surface area contributed by atoms with Crippen molar-refractivity contribution in [1.82, 2.24) is 5.32 Å². The molecule has 5 N–H and O–H groups in total. The maximum atomic E-state index is 11.7. The zero-order valence-electron chi connectivity index (χ0n) is 15.3.